The highest BCUT2D eigenvalue weighted by Crippen LogP contribution is 2.27. The number of aromatic hydroxyl groups is 2. The van der Waals surface area contributed by atoms with Crippen LogP contribution in [0, 0.1) is 5.92 Å². The molecular formula is C18H28N2O4. The summed E-state index contributed by atoms with van der Waals surface area (Å²) in [7, 11) is 0. The molecule has 0 aliphatic heterocycles. The lowest BCUT2D eigenvalue weighted by molar-refractivity contribution is 0.0517. The van der Waals surface area contributed by atoms with Crippen molar-refractivity contribution in [1.29, 1.82) is 0 Å². The summed E-state index contributed by atoms with van der Waals surface area (Å²) in [4.78, 5) is 11.8. The molecule has 0 saturated heterocycles. The number of carbonyl (C=O) groups excluding carboxylic acids is 1. The number of phenolic OH excluding ortho intramolecular Hbond substituents is 2. The van der Waals surface area contributed by atoms with Crippen LogP contribution in [0.4, 0.5) is 4.79 Å². The van der Waals surface area contributed by atoms with Crippen molar-refractivity contribution in [2.45, 2.75) is 58.2 Å². The van der Waals surface area contributed by atoms with Gasteiger partial charge in [-0.25, -0.2) is 4.79 Å². The second-order valence-electron chi connectivity index (χ2n) is 7.37. The minimum Gasteiger partial charge on any atom is -0.508 e. The Labute approximate surface area is 143 Å². The van der Waals surface area contributed by atoms with E-state index in [0.717, 1.165) is 24.8 Å². The minimum absolute atomic E-state index is 0.0524. The van der Waals surface area contributed by atoms with Crippen molar-refractivity contribution in [3.8, 4) is 11.5 Å². The van der Waals surface area contributed by atoms with Crippen LogP contribution in [0.5, 0.6) is 11.5 Å². The number of rotatable bonds is 5. The number of hydrogen-bond donors (Lipinski definition) is 4. The van der Waals surface area contributed by atoms with Crippen LogP contribution in [0.2, 0.25) is 0 Å². The van der Waals surface area contributed by atoms with Gasteiger partial charge >= 0.3 is 6.09 Å². The van der Waals surface area contributed by atoms with E-state index in [9.17, 15) is 15.0 Å². The Balaban J connectivity index is 1.81. The Bertz CT molecular complexity index is 569. The molecule has 0 bridgehead atoms. The smallest absolute Gasteiger partial charge is 0.407 e. The zero-order valence-electron chi connectivity index (χ0n) is 14.6. The predicted octanol–water partition coefficient (Wildman–Crippen LogP) is 2.88. The maximum Gasteiger partial charge on any atom is 0.407 e. The summed E-state index contributed by atoms with van der Waals surface area (Å²) >= 11 is 0. The zero-order chi connectivity index (χ0) is 17.7. The Morgan fingerprint density at radius 2 is 2.04 bits per heavy atom. The standard InChI is InChI=1S/C18H28N2O4/c1-18(2,3)24-17(23)20-10-12-5-4-6-15(12)19-11-13-7-8-14(21)9-16(13)22/h7-9,12,15,19,21-22H,4-6,10-11H2,1-3H3,(H,20,23). The number of ether oxygens (including phenoxy) is 1. The second kappa shape index (κ2) is 7.75. The van der Waals surface area contributed by atoms with Gasteiger partial charge < -0.3 is 25.6 Å². The summed E-state index contributed by atoms with van der Waals surface area (Å²) in [5.41, 5.74) is 0.256. The normalized spacial score (nSPS) is 20.8. The van der Waals surface area contributed by atoms with Crippen molar-refractivity contribution in [2.75, 3.05) is 6.54 Å². The van der Waals surface area contributed by atoms with Gasteiger partial charge in [0.25, 0.3) is 0 Å². The first-order chi connectivity index (χ1) is 11.2. The van der Waals surface area contributed by atoms with Crippen LogP contribution in [-0.4, -0.2) is 34.5 Å². The molecule has 2 unspecified atom stereocenters. The van der Waals surface area contributed by atoms with Crippen LogP contribution in [0.15, 0.2) is 18.2 Å². The summed E-state index contributed by atoms with van der Waals surface area (Å²) in [5, 5.41) is 25.5. The average molecular weight is 336 g/mol. The van der Waals surface area contributed by atoms with E-state index in [1.165, 1.54) is 6.07 Å². The first-order valence-corrected chi connectivity index (χ1v) is 8.46. The van der Waals surface area contributed by atoms with E-state index < -0.39 is 5.60 Å². The fourth-order valence-corrected chi connectivity index (χ4v) is 3.02. The maximum atomic E-state index is 11.8. The van der Waals surface area contributed by atoms with Gasteiger partial charge in [0.1, 0.15) is 17.1 Å². The summed E-state index contributed by atoms with van der Waals surface area (Å²) in [6.45, 7) is 6.64. The quantitative estimate of drug-likeness (QED) is 0.664. The van der Waals surface area contributed by atoms with Crippen LogP contribution in [-0.2, 0) is 11.3 Å². The SMILES string of the molecule is CC(C)(C)OC(=O)NCC1CCCC1NCc1ccc(O)cc1O. The Kier molecular flexibility index (Phi) is 5.94. The highest BCUT2D eigenvalue weighted by atomic mass is 16.6. The number of nitrogens with one attached hydrogen (secondary N) is 2. The molecule has 6 heteroatoms. The molecule has 1 amide bonds. The van der Waals surface area contributed by atoms with E-state index in [-0.39, 0.29) is 23.6 Å². The molecule has 1 aliphatic carbocycles. The number of carbonyl (C=O) groups is 1. The summed E-state index contributed by atoms with van der Waals surface area (Å²) in [5.74, 6) is 0.484. The third kappa shape index (κ3) is 5.60. The monoisotopic (exact) mass is 336 g/mol. The molecule has 0 aromatic heterocycles. The van der Waals surface area contributed by atoms with Gasteiger partial charge in [0.2, 0.25) is 0 Å². The molecule has 0 radical (unpaired) electrons. The molecule has 1 saturated carbocycles. The largest absolute Gasteiger partial charge is 0.508 e. The molecule has 1 aliphatic rings. The first kappa shape index (κ1) is 18.4. The van der Waals surface area contributed by atoms with Gasteiger partial charge in [-0.15, -0.1) is 0 Å². The van der Waals surface area contributed by atoms with Crippen LogP contribution < -0.4 is 10.6 Å². The molecule has 1 aromatic rings. The molecular weight excluding hydrogens is 308 g/mol. The number of hydrogen-bond acceptors (Lipinski definition) is 5. The van der Waals surface area contributed by atoms with Crippen LogP contribution in [0.1, 0.15) is 45.6 Å². The molecule has 1 fully saturated rings. The highest BCUT2D eigenvalue weighted by Gasteiger charge is 2.28. The van der Waals surface area contributed by atoms with Gasteiger partial charge in [-0.1, -0.05) is 12.5 Å². The molecule has 0 spiro atoms. The molecule has 2 rings (SSSR count). The Morgan fingerprint density at radius 3 is 2.71 bits per heavy atom. The average Bonchev–Trinajstić information content (AvgIpc) is 2.90. The van der Waals surface area contributed by atoms with Gasteiger partial charge in [0, 0.05) is 30.8 Å². The zero-order valence-corrected chi connectivity index (χ0v) is 14.6. The topological polar surface area (TPSA) is 90.8 Å². The third-order valence-electron chi connectivity index (χ3n) is 4.19. The maximum absolute atomic E-state index is 11.8. The molecule has 134 valence electrons. The van der Waals surface area contributed by atoms with Crippen molar-refractivity contribution in [3.05, 3.63) is 23.8 Å². The van der Waals surface area contributed by atoms with E-state index >= 15 is 0 Å². The predicted molar refractivity (Wildman–Crippen MR) is 92.0 cm³/mol. The lowest BCUT2D eigenvalue weighted by Gasteiger charge is -2.24. The van der Waals surface area contributed by atoms with Gasteiger partial charge in [-0.2, -0.15) is 0 Å². The summed E-state index contributed by atoms with van der Waals surface area (Å²) < 4.78 is 5.26. The highest BCUT2D eigenvalue weighted by molar-refractivity contribution is 5.67. The number of alkyl carbamates (subject to hydrolysis) is 1. The van der Waals surface area contributed by atoms with Gasteiger partial charge in [-0.05, 0) is 45.6 Å². The molecule has 2 atom stereocenters. The molecule has 24 heavy (non-hydrogen) atoms. The Hall–Kier alpha value is -1.95. The van der Waals surface area contributed by atoms with Crippen molar-refractivity contribution in [2.24, 2.45) is 5.92 Å². The summed E-state index contributed by atoms with van der Waals surface area (Å²) in [6, 6.07) is 4.90. The molecule has 4 N–H and O–H groups in total. The molecule has 1 aromatic carbocycles. The van der Waals surface area contributed by atoms with E-state index in [1.54, 1.807) is 12.1 Å². The van der Waals surface area contributed by atoms with Crippen molar-refractivity contribution in [3.63, 3.8) is 0 Å². The molecule has 6 nitrogen and oxygen atoms in total. The third-order valence-corrected chi connectivity index (χ3v) is 4.19. The van der Waals surface area contributed by atoms with Crippen molar-refractivity contribution >= 4 is 6.09 Å². The van der Waals surface area contributed by atoms with E-state index in [2.05, 4.69) is 10.6 Å². The fraction of sp³-hybridized carbons (Fsp3) is 0.611. The van der Waals surface area contributed by atoms with E-state index in [0.29, 0.717) is 19.0 Å². The van der Waals surface area contributed by atoms with Crippen LogP contribution in [0.3, 0.4) is 0 Å². The first-order valence-electron chi connectivity index (χ1n) is 8.46. The van der Waals surface area contributed by atoms with Crippen LogP contribution in [0.25, 0.3) is 0 Å². The number of benzene rings is 1. The Morgan fingerprint density at radius 1 is 1.29 bits per heavy atom. The van der Waals surface area contributed by atoms with Gasteiger partial charge in [0.05, 0.1) is 0 Å². The van der Waals surface area contributed by atoms with Crippen molar-refractivity contribution in [1.82, 2.24) is 10.6 Å². The van der Waals surface area contributed by atoms with Crippen LogP contribution >= 0.6 is 0 Å². The number of phenols is 2. The van der Waals surface area contributed by atoms with E-state index in [1.807, 2.05) is 20.8 Å². The van der Waals surface area contributed by atoms with Crippen molar-refractivity contribution < 1.29 is 19.7 Å². The van der Waals surface area contributed by atoms with Gasteiger partial charge in [0.15, 0.2) is 0 Å². The second-order valence-corrected chi connectivity index (χ2v) is 7.37. The molecule has 0 heterocycles. The summed E-state index contributed by atoms with van der Waals surface area (Å²) in [6.07, 6.45) is 2.82. The fourth-order valence-electron chi connectivity index (χ4n) is 3.02. The van der Waals surface area contributed by atoms with E-state index in [4.69, 9.17) is 4.74 Å². The lowest BCUT2D eigenvalue weighted by atomic mass is 10.0. The lowest BCUT2D eigenvalue weighted by Crippen LogP contribution is -2.40. The number of amides is 1. The van der Waals surface area contributed by atoms with Gasteiger partial charge in [-0.3, -0.25) is 0 Å². The minimum atomic E-state index is -0.492.